The normalized spacial score (nSPS) is 12.1. The molecule has 0 saturated carbocycles. The van der Waals surface area contributed by atoms with E-state index < -0.39 is 0 Å². The standard InChI is InChI=1S/C15H21O2/c1-3-13(14-9-6-5-7-10-14)11-8-12-15(16)17-4-2/h5-10,13H,3-4,11-12H2,1-2H3. The fourth-order valence-electron chi connectivity index (χ4n) is 1.89. The molecule has 0 spiro atoms. The van der Waals surface area contributed by atoms with Crippen molar-refractivity contribution in [2.24, 2.45) is 0 Å². The fourth-order valence-corrected chi connectivity index (χ4v) is 1.89. The van der Waals surface area contributed by atoms with Gasteiger partial charge in [-0.25, -0.2) is 0 Å². The van der Waals surface area contributed by atoms with Gasteiger partial charge in [0.15, 0.2) is 0 Å². The molecule has 1 atom stereocenters. The molecule has 1 aromatic rings. The Morgan fingerprint density at radius 1 is 1.29 bits per heavy atom. The van der Waals surface area contributed by atoms with E-state index in [1.165, 1.54) is 5.56 Å². The second-order valence-corrected chi connectivity index (χ2v) is 4.05. The number of rotatable bonds is 7. The summed E-state index contributed by atoms with van der Waals surface area (Å²) in [5.41, 5.74) is 1.34. The zero-order chi connectivity index (χ0) is 12.5. The third-order valence-corrected chi connectivity index (χ3v) is 2.83. The first kappa shape index (κ1) is 13.8. The Kier molecular flexibility index (Phi) is 6.38. The van der Waals surface area contributed by atoms with E-state index in [1.807, 2.05) is 19.4 Å². The number of hydrogen-bond acceptors (Lipinski definition) is 2. The summed E-state index contributed by atoms with van der Waals surface area (Å²) < 4.78 is 4.89. The molecule has 2 heteroatoms. The van der Waals surface area contributed by atoms with Crippen LogP contribution in [0.3, 0.4) is 0 Å². The zero-order valence-electron chi connectivity index (χ0n) is 10.7. The van der Waals surface area contributed by atoms with Gasteiger partial charge in [0, 0.05) is 6.42 Å². The van der Waals surface area contributed by atoms with Crippen LogP contribution >= 0.6 is 0 Å². The van der Waals surface area contributed by atoms with E-state index in [-0.39, 0.29) is 5.97 Å². The summed E-state index contributed by atoms with van der Waals surface area (Å²) in [5.74, 6) is 0.376. The molecule has 17 heavy (non-hydrogen) atoms. The predicted molar refractivity (Wildman–Crippen MR) is 69.6 cm³/mol. The highest BCUT2D eigenvalue weighted by Gasteiger charge is 2.10. The second kappa shape index (κ2) is 7.88. The van der Waals surface area contributed by atoms with E-state index >= 15 is 0 Å². The molecule has 1 rings (SSSR count). The minimum atomic E-state index is -0.129. The van der Waals surface area contributed by atoms with Crippen LogP contribution in [0, 0.1) is 6.42 Å². The van der Waals surface area contributed by atoms with Crippen LogP contribution in [-0.4, -0.2) is 12.6 Å². The van der Waals surface area contributed by atoms with Crippen molar-refractivity contribution in [3.63, 3.8) is 0 Å². The van der Waals surface area contributed by atoms with Crippen LogP contribution in [0.2, 0.25) is 0 Å². The maximum atomic E-state index is 11.2. The third kappa shape index (κ3) is 5.03. The summed E-state index contributed by atoms with van der Waals surface area (Å²) in [5, 5.41) is 0. The lowest BCUT2D eigenvalue weighted by atomic mass is 9.91. The van der Waals surface area contributed by atoms with Crippen molar-refractivity contribution in [2.45, 2.75) is 39.0 Å². The van der Waals surface area contributed by atoms with Crippen LogP contribution in [0.1, 0.15) is 44.6 Å². The third-order valence-electron chi connectivity index (χ3n) is 2.83. The van der Waals surface area contributed by atoms with E-state index in [9.17, 15) is 4.79 Å². The Morgan fingerprint density at radius 3 is 2.59 bits per heavy atom. The van der Waals surface area contributed by atoms with Gasteiger partial charge in [-0.3, -0.25) is 4.79 Å². The minimum absolute atomic E-state index is 0.129. The molecule has 1 radical (unpaired) electrons. The van der Waals surface area contributed by atoms with Gasteiger partial charge in [-0.05, 0) is 37.7 Å². The summed E-state index contributed by atoms with van der Waals surface area (Å²) in [6.45, 7) is 4.47. The first-order valence-corrected chi connectivity index (χ1v) is 6.30. The number of ether oxygens (including phenoxy) is 1. The lowest BCUT2D eigenvalue weighted by Crippen LogP contribution is -2.05. The van der Waals surface area contributed by atoms with E-state index in [2.05, 4.69) is 31.2 Å². The fraction of sp³-hybridized carbons (Fsp3) is 0.467. The molecule has 1 aromatic carbocycles. The monoisotopic (exact) mass is 233 g/mol. The Bertz CT molecular complexity index is 319. The summed E-state index contributed by atoms with van der Waals surface area (Å²) in [4.78, 5) is 11.2. The molecule has 0 aromatic heterocycles. The molecule has 0 amide bonds. The van der Waals surface area contributed by atoms with Crippen molar-refractivity contribution in [3.8, 4) is 0 Å². The minimum Gasteiger partial charge on any atom is -0.466 e. The molecule has 0 aliphatic rings. The Hall–Kier alpha value is -1.31. The lowest BCUT2D eigenvalue weighted by molar-refractivity contribution is -0.142. The Balaban J connectivity index is 2.36. The second-order valence-electron chi connectivity index (χ2n) is 4.05. The quantitative estimate of drug-likeness (QED) is 0.671. The van der Waals surface area contributed by atoms with E-state index in [1.54, 1.807) is 0 Å². The molecule has 1 unspecified atom stereocenters. The first-order chi connectivity index (χ1) is 8.27. The average molecular weight is 233 g/mol. The van der Waals surface area contributed by atoms with Crippen LogP contribution < -0.4 is 0 Å². The first-order valence-electron chi connectivity index (χ1n) is 6.30. The Labute approximate surface area is 104 Å². The van der Waals surface area contributed by atoms with Gasteiger partial charge in [-0.15, -0.1) is 0 Å². The molecular weight excluding hydrogens is 212 g/mol. The largest absolute Gasteiger partial charge is 0.466 e. The van der Waals surface area contributed by atoms with E-state index in [0.717, 1.165) is 12.8 Å². The highest BCUT2D eigenvalue weighted by Crippen LogP contribution is 2.24. The number of hydrogen-bond donors (Lipinski definition) is 0. The number of esters is 1. The SMILES string of the molecule is CCOC(=O)C[CH]CC(CC)c1ccccc1. The molecule has 0 aliphatic heterocycles. The van der Waals surface area contributed by atoms with Crippen molar-refractivity contribution in [1.29, 1.82) is 0 Å². The molecular formula is C15H21O2. The maximum absolute atomic E-state index is 11.2. The highest BCUT2D eigenvalue weighted by atomic mass is 16.5. The van der Waals surface area contributed by atoms with Gasteiger partial charge in [0.1, 0.15) is 0 Å². The van der Waals surface area contributed by atoms with E-state index in [4.69, 9.17) is 4.74 Å². The number of benzene rings is 1. The molecule has 0 heterocycles. The van der Waals surface area contributed by atoms with Crippen LogP contribution in [0.4, 0.5) is 0 Å². The van der Waals surface area contributed by atoms with Gasteiger partial charge in [-0.2, -0.15) is 0 Å². The van der Waals surface area contributed by atoms with Gasteiger partial charge in [0.2, 0.25) is 0 Å². The van der Waals surface area contributed by atoms with Gasteiger partial charge >= 0.3 is 5.97 Å². The molecule has 0 N–H and O–H groups in total. The lowest BCUT2D eigenvalue weighted by Gasteiger charge is -2.14. The van der Waals surface area contributed by atoms with Gasteiger partial charge < -0.3 is 4.74 Å². The molecule has 0 aliphatic carbocycles. The zero-order valence-corrected chi connectivity index (χ0v) is 10.7. The summed E-state index contributed by atoms with van der Waals surface area (Å²) in [6, 6.07) is 10.4. The molecule has 2 nitrogen and oxygen atoms in total. The van der Waals surface area contributed by atoms with E-state index in [0.29, 0.717) is 18.9 Å². The highest BCUT2D eigenvalue weighted by molar-refractivity contribution is 5.70. The summed E-state index contributed by atoms with van der Waals surface area (Å²) in [7, 11) is 0. The van der Waals surface area contributed by atoms with Gasteiger partial charge in [0.25, 0.3) is 0 Å². The summed E-state index contributed by atoms with van der Waals surface area (Å²) >= 11 is 0. The number of carbonyl (C=O) groups excluding carboxylic acids is 1. The van der Waals surface area contributed by atoms with Crippen molar-refractivity contribution >= 4 is 5.97 Å². The molecule has 0 saturated heterocycles. The van der Waals surface area contributed by atoms with Crippen molar-refractivity contribution in [3.05, 3.63) is 42.3 Å². The predicted octanol–water partition coefficient (Wildman–Crippen LogP) is 3.73. The molecule has 0 bridgehead atoms. The van der Waals surface area contributed by atoms with Crippen molar-refractivity contribution in [1.82, 2.24) is 0 Å². The van der Waals surface area contributed by atoms with Crippen LogP contribution in [0.25, 0.3) is 0 Å². The Morgan fingerprint density at radius 2 is 2.00 bits per heavy atom. The van der Waals surface area contributed by atoms with Crippen molar-refractivity contribution < 1.29 is 9.53 Å². The topological polar surface area (TPSA) is 26.3 Å². The molecule has 93 valence electrons. The number of carbonyl (C=O) groups is 1. The van der Waals surface area contributed by atoms with Crippen LogP contribution in [0.15, 0.2) is 30.3 Å². The smallest absolute Gasteiger partial charge is 0.306 e. The van der Waals surface area contributed by atoms with Gasteiger partial charge in [-0.1, -0.05) is 37.3 Å². The van der Waals surface area contributed by atoms with Crippen LogP contribution in [0.5, 0.6) is 0 Å². The average Bonchev–Trinajstić information content (AvgIpc) is 2.36. The summed E-state index contributed by atoms with van der Waals surface area (Å²) in [6.07, 6.45) is 4.46. The van der Waals surface area contributed by atoms with Crippen LogP contribution in [-0.2, 0) is 9.53 Å². The van der Waals surface area contributed by atoms with Crippen molar-refractivity contribution in [2.75, 3.05) is 6.61 Å². The van der Waals surface area contributed by atoms with Gasteiger partial charge in [0.05, 0.1) is 6.61 Å². The molecule has 0 fully saturated rings. The maximum Gasteiger partial charge on any atom is 0.306 e.